The first-order chi connectivity index (χ1) is 18.9. The van der Waals surface area contributed by atoms with Crippen molar-refractivity contribution in [2.75, 3.05) is 45.3 Å². The molecule has 1 saturated heterocycles. The number of aryl methyl sites for hydroxylation is 1. The molecule has 0 unspecified atom stereocenters. The molecule has 1 fully saturated rings. The van der Waals surface area contributed by atoms with Gasteiger partial charge in [0.05, 0.1) is 11.2 Å². The van der Waals surface area contributed by atoms with Crippen LogP contribution in [-0.2, 0) is 0 Å². The number of rotatable bonds is 8. The summed E-state index contributed by atoms with van der Waals surface area (Å²) in [6.07, 6.45) is 1.73. The predicted molar refractivity (Wildman–Crippen MR) is 150 cm³/mol. The zero-order valence-electron chi connectivity index (χ0n) is 21.8. The molecule has 5 rings (SSSR count). The second-order valence-corrected chi connectivity index (χ2v) is 9.34. The summed E-state index contributed by atoms with van der Waals surface area (Å²) >= 11 is 0. The molecule has 3 heterocycles. The normalized spacial score (nSPS) is 15.1. The third-order valence-corrected chi connectivity index (χ3v) is 6.52. The van der Waals surface area contributed by atoms with Crippen molar-refractivity contribution >= 4 is 29.3 Å². The highest BCUT2D eigenvalue weighted by Gasteiger charge is 2.19. The van der Waals surface area contributed by atoms with E-state index < -0.39 is 17.4 Å². The number of piperazine rings is 1. The molecule has 0 radical (unpaired) electrons. The van der Waals surface area contributed by atoms with Crippen LogP contribution < -0.4 is 10.1 Å². The molecule has 0 atom stereocenters. The summed E-state index contributed by atoms with van der Waals surface area (Å²) in [5, 5.41) is 10.8. The second-order valence-electron chi connectivity index (χ2n) is 9.34. The van der Waals surface area contributed by atoms with Gasteiger partial charge in [-0.15, -0.1) is 0 Å². The van der Waals surface area contributed by atoms with Crippen molar-refractivity contribution in [3.63, 3.8) is 0 Å². The standard InChI is InChI=1S/C28H30F2N8O/c1-18-13-20-23(33-18)14-21(29)28(27(20)30)39-17-32-26(38-11-9-37(3)10-12-38)16-24(31-2)34-25-15-22(35-36-25)19-7-5-4-6-8-19/h4-8,13-16,33H,2,9-12,17H2,1,3H3,(H2,34,35,36)/b24-16+,32-26+. The van der Waals surface area contributed by atoms with Crippen molar-refractivity contribution in [2.45, 2.75) is 6.92 Å². The van der Waals surface area contributed by atoms with Crippen molar-refractivity contribution in [1.82, 2.24) is 25.0 Å². The Morgan fingerprint density at radius 1 is 1.15 bits per heavy atom. The highest BCUT2D eigenvalue weighted by atomic mass is 19.1. The van der Waals surface area contributed by atoms with Crippen LogP contribution in [0.1, 0.15) is 5.69 Å². The molecule has 0 spiro atoms. The molecule has 39 heavy (non-hydrogen) atoms. The minimum Gasteiger partial charge on any atom is -0.465 e. The average molecular weight is 533 g/mol. The van der Waals surface area contributed by atoms with Crippen LogP contribution >= 0.6 is 0 Å². The van der Waals surface area contributed by atoms with Crippen LogP contribution in [0.25, 0.3) is 22.2 Å². The third-order valence-electron chi connectivity index (χ3n) is 6.52. The van der Waals surface area contributed by atoms with E-state index in [4.69, 9.17) is 4.74 Å². The lowest BCUT2D eigenvalue weighted by molar-refractivity contribution is 0.214. The third kappa shape index (κ3) is 5.99. The van der Waals surface area contributed by atoms with Crippen molar-refractivity contribution in [3.8, 4) is 17.0 Å². The number of anilines is 1. The van der Waals surface area contributed by atoms with E-state index >= 15 is 0 Å². The first-order valence-corrected chi connectivity index (χ1v) is 12.6. The quantitative estimate of drug-likeness (QED) is 0.224. The topological polar surface area (TPSA) is 96.9 Å². The van der Waals surface area contributed by atoms with E-state index in [1.807, 2.05) is 36.4 Å². The number of aromatic nitrogens is 3. The van der Waals surface area contributed by atoms with Gasteiger partial charge in [0.25, 0.3) is 0 Å². The van der Waals surface area contributed by atoms with Gasteiger partial charge in [0.1, 0.15) is 11.7 Å². The number of likely N-dealkylation sites (N-methyl/N-ethyl adjacent to an activating group) is 1. The van der Waals surface area contributed by atoms with Crippen LogP contribution in [-0.4, -0.2) is 77.5 Å². The Labute approximate surface area is 224 Å². The fourth-order valence-corrected chi connectivity index (χ4v) is 4.42. The van der Waals surface area contributed by atoms with Crippen LogP contribution in [0.4, 0.5) is 14.6 Å². The van der Waals surface area contributed by atoms with Crippen LogP contribution in [0.3, 0.4) is 0 Å². The molecule has 1 aliphatic heterocycles. The summed E-state index contributed by atoms with van der Waals surface area (Å²) in [5.74, 6) is -0.491. The summed E-state index contributed by atoms with van der Waals surface area (Å²) in [6, 6.07) is 14.5. The molecular formula is C28H30F2N8O. The SMILES string of the molecule is C=N/C(=C\C(=N/COc1c(F)cc2[nH]c(C)cc2c1F)N1CCN(C)CC1)Nc1cc(-c2ccccc2)[nH]n1. The molecule has 3 N–H and O–H groups in total. The van der Waals surface area contributed by atoms with Gasteiger partial charge >= 0.3 is 0 Å². The summed E-state index contributed by atoms with van der Waals surface area (Å²) < 4.78 is 35.1. The number of amidine groups is 1. The van der Waals surface area contributed by atoms with E-state index in [1.54, 1.807) is 19.1 Å². The number of hydrogen-bond donors (Lipinski definition) is 3. The Morgan fingerprint density at radius 2 is 1.92 bits per heavy atom. The van der Waals surface area contributed by atoms with Crippen LogP contribution in [0, 0.1) is 18.6 Å². The van der Waals surface area contributed by atoms with E-state index in [-0.39, 0.29) is 12.1 Å². The van der Waals surface area contributed by atoms with Gasteiger partial charge in [0, 0.05) is 55.5 Å². The van der Waals surface area contributed by atoms with Crippen LogP contribution in [0.15, 0.2) is 70.4 Å². The van der Waals surface area contributed by atoms with E-state index in [0.29, 0.717) is 36.1 Å². The van der Waals surface area contributed by atoms with E-state index in [2.05, 4.69) is 54.0 Å². The Morgan fingerprint density at radius 3 is 2.67 bits per heavy atom. The maximum absolute atomic E-state index is 15.0. The number of nitrogens with zero attached hydrogens (tertiary/aromatic N) is 5. The lowest BCUT2D eigenvalue weighted by atomic mass is 10.2. The number of fused-ring (bicyclic) bond motifs is 1. The molecule has 2 aromatic heterocycles. The smallest absolute Gasteiger partial charge is 0.194 e. The van der Waals surface area contributed by atoms with Gasteiger partial charge in [0.15, 0.2) is 29.9 Å². The molecule has 2 aromatic carbocycles. The Balaban J connectivity index is 1.37. The van der Waals surface area contributed by atoms with Gasteiger partial charge in [0.2, 0.25) is 0 Å². The lowest BCUT2D eigenvalue weighted by Gasteiger charge is -2.33. The van der Waals surface area contributed by atoms with Gasteiger partial charge in [-0.2, -0.15) is 5.10 Å². The molecule has 0 saturated carbocycles. The zero-order valence-corrected chi connectivity index (χ0v) is 21.8. The van der Waals surface area contributed by atoms with Gasteiger partial charge in [-0.25, -0.2) is 18.8 Å². The average Bonchev–Trinajstić information content (AvgIpc) is 3.56. The molecule has 0 bridgehead atoms. The predicted octanol–water partition coefficient (Wildman–Crippen LogP) is 4.78. The van der Waals surface area contributed by atoms with Gasteiger partial charge in [-0.1, -0.05) is 30.3 Å². The van der Waals surface area contributed by atoms with E-state index in [9.17, 15) is 8.78 Å². The molecule has 4 aromatic rings. The number of halogens is 2. The van der Waals surface area contributed by atoms with Gasteiger partial charge in [-0.3, -0.25) is 5.10 Å². The van der Waals surface area contributed by atoms with Gasteiger partial charge in [-0.05, 0) is 32.3 Å². The number of aliphatic imine (C=N–C) groups is 2. The maximum Gasteiger partial charge on any atom is 0.194 e. The Hall–Kier alpha value is -4.51. The summed E-state index contributed by atoms with van der Waals surface area (Å²) in [4.78, 5) is 15.9. The van der Waals surface area contributed by atoms with Gasteiger partial charge < -0.3 is 24.8 Å². The first-order valence-electron chi connectivity index (χ1n) is 12.6. The number of aromatic amines is 2. The Kier molecular flexibility index (Phi) is 7.69. The first kappa shape index (κ1) is 26.1. The molecular weight excluding hydrogens is 502 g/mol. The minimum atomic E-state index is -0.795. The van der Waals surface area contributed by atoms with Crippen molar-refractivity contribution in [1.29, 1.82) is 0 Å². The number of ether oxygens (including phenoxy) is 1. The summed E-state index contributed by atoms with van der Waals surface area (Å²) in [7, 11) is 2.05. The molecule has 0 aliphatic carbocycles. The molecule has 9 nitrogen and oxygen atoms in total. The van der Waals surface area contributed by atoms with Crippen molar-refractivity contribution in [2.24, 2.45) is 9.98 Å². The molecule has 202 valence electrons. The highest BCUT2D eigenvalue weighted by molar-refractivity contribution is 5.94. The van der Waals surface area contributed by atoms with Crippen molar-refractivity contribution in [3.05, 3.63) is 77.8 Å². The van der Waals surface area contributed by atoms with E-state index in [1.165, 1.54) is 6.07 Å². The van der Waals surface area contributed by atoms with Crippen LogP contribution in [0.5, 0.6) is 5.75 Å². The summed E-state index contributed by atoms with van der Waals surface area (Å²) in [5.41, 5.74) is 2.95. The largest absolute Gasteiger partial charge is 0.465 e. The number of nitrogens with one attached hydrogen (secondary N) is 3. The molecule has 1 aliphatic rings. The fourth-order valence-electron chi connectivity index (χ4n) is 4.42. The van der Waals surface area contributed by atoms with Crippen molar-refractivity contribution < 1.29 is 13.5 Å². The fraction of sp³-hybridized carbons (Fsp3) is 0.250. The maximum atomic E-state index is 15.0. The summed E-state index contributed by atoms with van der Waals surface area (Å²) in [6.45, 7) is 8.28. The number of hydrogen-bond acceptors (Lipinski definition) is 6. The monoisotopic (exact) mass is 532 g/mol. The molecule has 11 heteroatoms. The van der Waals surface area contributed by atoms with E-state index in [0.717, 1.165) is 30.0 Å². The second kappa shape index (κ2) is 11.5. The molecule has 0 amide bonds. The number of benzene rings is 2. The number of H-pyrrole nitrogens is 2. The Bertz CT molecular complexity index is 1520. The van der Waals surface area contributed by atoms with Crippen LogP contribution in [0.2, 0.25) is 0 Å². The minimum absolute atomic E-state index is 0.267. The zero-order chi connectivity index (χ0) is 27.4. The highest BCUT2D eigenvalue weighted by Crippen LogP contribution is 2.30. The lowest BCUT2D eigenvalue weighted by Crippen LogP contribution is -2.47.